The van der Waals surface area contributed by atoms with E-state index in [9.17, 15) is 18.3 Å². The zero-order chi connectivity index (χ0) is 20.8. The van der Waals surface area contributed by atoms with Gasteiger partial charge in [-0.1, -0.05) is 17.4 Å². The minimum Gasteiger partial charge on any atom is -0.507 e. The Bertz CT molecular complexity index is 1210. The number of anilines is 1. The van der Waals surface area contributed by atoms with E-state index in [0.717, 1.165) is 34.2 Å². The molecule has 0 atom stereocenters. The summed E-state index contributed by atoms with van der Waals surface area (Å²) in [6.07, 6.45) is 1.64. The molecule has 7 nitrogen and oxygen atoms in total. The van der Waals surface area contributed by atoms with Gasteiger partial charge in [0.15, 0.2) is 5.13 Å². The predicted octanol–water partition coefficient (Wildman–Crippen LogP) is 3.66. The lowest BCUT2D eigenvalue weighted by Gasteiger charge is -2.16. The number of rotatable bonds is 4. The van der Waals surface area contributed by atoms with Gasteiger partial charge in [0.1, 0.15) is 5.75 Å². The van der Waals surface area contributed by atoms with Gasteiger partial charge in [0.25, 0.3) is 5.91 Å². The van der Waals surface area contributed by atoms with Gasteiger partial charge >= 0.3 is 0 Å². The lowest BCUT2D eigenvalue weighted by molar-refractivity contribution is 0.102. The van der Waals surface area contributed by atoms with E-state index in [4.69, 9.17) is 0 Å². The van der Waals surface area contributed by atoms with Crippen molar-refractivity contribution in [3.63, 3.8) is 0 Å². The number of carbonyl (C=O) groups excluding carboxylic acids is 1. The number of aromatic nitrogens is 1. The zero-order valence-corrected chi connectivity index (χ0v) is 17.7. The smallest absolute Gasteiger partial charge is 0.261 e. The molecule has 1 aromatic heterocycles. The van der Waals surface area contributed by atoms with Crippen molar-refractivity contribution in [2.45, 2.75) is 31.6 Å². The second kappa shape index (κ2) is 7.40. The number of phenols is 1. The van der Waals surface area contributed by atoms with Crippen LogP contribution in [0.1, 0.15) is 34.3 Å². The van der Waals surface area contributed by atoms with Gasteiger partial charge in [0.05, 0.1) is 20.7 Å². The maximum atomic E-state index is 12.8. The third kappa shape index (κ3) is 3.73. The first-order chi connectivity index (χ1) is 13.8. The molecule has 1 amide bonds. The summed E-state index contributed by atoms with van der Waals surface area (Å²) in [5.41, 5.74) is 2.83. The van der Waals surface area contributed by atoms with Crippen LogP contribution < -0.4 is 5.32 Å². The zero-order valence-electron chi connectivity index (χ0n) is 16.1. The highest BCUT2D eigenvalue weighted by Gasteiger charge is 2.28. The summed E-state index contributed by atoms with van der Waals surface area (Å²) >= 11 is 1.33. The monoisotopic (exact) mass is 431 g/mol. The molecule has 0 spiro atoms. The highest BCUT2D eigenvalue weighted by Crippen LogP contribution is 2.31. The number of hydrogen-bond donors (Lipinski definition) is 2. The molecule has 29 heavy (non-hydrogen) atoms. The summed E-state index contributed by atoms with van der Waals surface area (Å²) in [4.78, 5) is 17.2. The fourth-order valence-corrected chi connectivity index (χ4v) is 6.10. The molecule has 0 aliphatic carbocycles. The second-order valence-corrected chi connectivity index (χ2v) is 10.2. The normalized spacial score (nSPS) is 15.1. The number of aromatic hydroxyl groups is 1. The Morgan fingerprint density at radius 2 is 1.90 bits per heavy atom. The Balaban J connectivity index is 1.64. The van der Waals surface area contributed by atoms with Gasteiger partial charge in [-0.15, -0.1) is 0 Å². The topological polar surface area (TPSA) is 99.6 Å². The van der Waals surface area contributed by atoms with E-state index >= 15 is 0 Å². The highest BCUT2D eigenvalue weighted by molar-refractivity contribution is 7.89. The van der Waals surface area contributed by atoms with Crippen LogP contribution in [0, 0.1) is 13.8 Å². The molecule has 1 aliphatic rings. The first-order valence-corrected chi connectivity index (χ1v) is 11.5. The predicted molar refractivity (Wildman–Crippen MR) is 113 cm³/mol. The average molecular weight is 432 g/mol. The Morgan fingerprint density at radius 1 is 1.17 bits per heavy atom. The van der Waals surface area contributed by atoms with Crippen LogP contribution in [0.4, 0.5) is 5.13 Å². The molecule has 0 bridgehead atoms. The van der Waals surface area contributed by atoms with E-state index in [2.05, 4.69) is 10.3 Å². The Hall–Kier alpha value is -2.49. The maximum absolute atomic E-state index is 12.8. The first kappa shape index (κ1) is 19.8. The average Bonchev–Trinajstić information content (AvgIpc) is 3.32. The molecule has 0 radical (unpaired) electrons. The molecule has 152 valence electrons. The molecule has 1 fully saturated rings. The van der Waals surface area contributed by atoms with Crippen LogP contribution in [-0.2, 0) is 10.0 Å². The molecule has 9 heteroatoms. The van der Waals surface area contributed by atoms with Crippen molar-refractivity contribution in [2.24, 2.45) is 0 Å². The number of thiazole rings is 1. The van der Waals surface area contributed by atoms with Gasteiger partial charge in [-0.3, -0.25) is 10.1 Å². The minimum absolute atomic E-state index is 0.00174. The molecule has 2 heterocycles. The Morgan fingerprint density at radius 3 is 2.62 bits per heavy atom. The molecule has 0 saturated carbocycles. The number of carbonyl (C=O) groups is 1. The molecule has 0 unspecified atom stereocenters. The van der Waals surface area contributed by atoms with Crippen molar-refractivity contribution >= 4 is 42.6 Å². The van der Waals surface area contributed by atoms with Crippen molar-refractivity contribution < 1.29 is 18.3 Å². The maximum Gasteiger partial charge on any atom is 0.261 e. The van der Waals surface area contributed by atoms with Crippen LogP contribution in [0.2, 0.25) is 0 Å². The molecule has 1 aliphatic heterocycles. The number of fused-ring (bicyclic) bond motifs is 1. The number of benzene rings is 2. The van der Waals surface area contributed by atoms with Crippen LogP contribution >= 0.6 is 11.3 Å². The van der Waals surface area contributed by atoms with Gasteiger partial charge < -0.3 is 5.11 Å². The van der Waals surface area contributed by atoms with E-state index in [-0.39, 0.29) is 16.2 Å². The number of nitrogens with one attached hydrogen (secondary N) is 1. The van der Waals surface area contributed by atoms with Gasteiger partial charge in [0, 0.05) is 13.1 Å². The Labute approximate surface area is 173 Å². The molecule has 1 saturated heterocycles. The van der Waals surface area contributed by atoms with Crippen LogP contribution in [0.5, 0.6) is 5.75 Å². The van der Waals surface area contributed by atoms with Crippen LogP contribution in [-0.4, -0.2) is 41.8 Å². The fourth-order valence-electron chi connectivity index (χ4n) is 3.52. The van der Waals surface area contributed by atoms with Crippen molar-refractivity contribution in [1.29, 1.82) is 0 Å². The van der Waals surface area contributed by atoms with E-state index in [0.29, 0.717) is 18.2 Å². The first-order valence-electron chi connectivity index (χ1n) is 9.28. The van der Waals surface area contributed by atoms with Crippen LogP contribution in [0.25, 0.3) is 10.2 Å². The number of sulfonamides is 1. The third-order valence-corrected chi connectivity index (χ3v) is 7.78. The SMILES string of the molecule is Cc1cc(C)c2nc(NC(=O)c3cc(S(=O)(=O)N4CCCC4)ccc3O)sc2c1. The number of nitrogens with zero attached hydrogens (tertiary/aromatic N) is 2. The third-order valence-electron chi connectivity index (χ3n) is 4.97. The fraction of sp³-hybridized carbons (Fsp3) is 0.300. The van der Waals surface area contributed by atoms with Gasteiger partial charge in [0.2, 0.25) is 10.0 Å². The summed E-state index contributed by atoms with van der Waals surface area (Å²) in [5, 5.41) is 13.2. The van der Waals surface area contributed by atoms with E-state index in [1.165, 1.54) is 33.8 Å². The number of aryl methyl sites for hydroxylation is 2. The number of hydrogen-bond acceptors (Lipinski definition) is 6. The van der Waals surface area contributed by atoms with E-state index in [1.807, 2.05) is 26.0 Å². The van der Waals surface area contributed by atoms with Crippen molar-refractivity contribution in [1.82, 2.24) is 9.29 Å². The summed E-state index contributed by atoms with van der Waals surface area (Å²) in [6, 6.07) is 7.80. The largest absolute Gasteiger partial charge is 0.507 e. The van der Waals surface area contributed by atoms with Crippen molar-refractivity contribution in [3.8, 4) is 5.75 Å². The van der Waals surface area contributed by atoms with E-state index in [1.54, 1.807) is 0 Å². The quantitative estimate of drug-likeness (QED) is 0.657. The minimum atomic E-state index is -3.69. The summed E-state index contributed by atoms with van der Waals surface area (Å²) in [5.74, 6) is -0.884. The summed E-state index contributed by atoms with van der Waals surface area (Å²) in [7, 11) is -3.69. The van der Waals surface area contributed by atoms with Crippen LogP contribution in [0.15, 0.2) is 35.2 Å². The second-order valence-electron chi connectivity index (χ2n) is 7.19. The summed E-state index contributed by atoms with van der Waals surface area (Å²) in [6.45, 7) is 4.89. The molecular formula is C20H21N3O4S2. The van der Waals surface area contributed by atoms with Gasteiger partial charge in [-0.25, -0.2) is 13.4 Å². The lowest BCUT2D eigenvalue weighted by Crippen LogP contribution is -2.28. The highest BCUT2D eigenvalue weighted by atomic mass is 32.2. The van der Waals surface area contributed by atoms with Gasteiger partial charge in [-0.05, 0) is 62.1 Å². The lowest BCUT2D eigenvalue weighted by atomic mass is 10.1. The standard InChI is InChI=1S/C20H21N3O4S2/c1-12-9-13(2)18-17(10-12)28-20(21-18)22-19(25)15-11-14(5-6-16(15)24)29(26,27)23-7-3-4-8-23/h5-6,9-11,24H,3-4,7-8H2,1-2H3,(H,21,22,25). The van der Waals surface area contributed by atoms with Crippen molar-refractivity contribution in [3.05, 3.63) is 47.0 Å². The molecular weight excluding hydrogens is 410 g/mol. The Kier molecular flexibility index (Phi) is 5.05. The molecule has 4 rings (SSSR count). The van der Waals surface area contributed by atoms with E-state index < -0.39 is 15.9 Å². The van der Waals surface area contributed by atoms with Crippen molar-refractivity contribution in [2.75, 3.05) is 18.4 Å². The molecule has 2 N–H and O–H groups in total. The number of amides is 1. The molecule has 2 aromatic carbocycles. The molecule has 3 aromatic rings. The van der Waals surface area contributed by atoms with Crippen LogP contribution in [0.3, 0.4) is 0 Å². The summed E-state index contributed by atoms with van der Waals surface area (Å²) < 4.78 is 27.9. The van der Waals surface area contributed by atoms with Gasteiger partial charge in [-0.2, -0.15) is 4.31 Å². The number of phenolic OH excluding ortho intramolecular Hbond substituents is 1.